The summed E-state index contributed by atoms with van der Waals surface area (Å²) >= 11 is 6.10. The Labute approximate surface area is 101 Å². The zero-order valence-electron chi connectivity index (χ0n) is 10.0. The Morgan fingerprint density at radius 3 is 2.50 bits per heavy atom. The van der Waals surface area contributed by atoms with Gasteiger partial charge in [-0.3, -0.25) is 4.68 Å². The molecule has 0 saturated heterocycles. The molecule has 0 saturated carbocycles. The summed E-state index contributed by atoms with van der Waals surface area (Å²) in [5.41, 5.74) is 0.859. The maximum atomic E-state index is 6.10. The van der Waals surface area contributed by atoms with E-state index in [9.17, 15) is 0 Å². The Morgan fingerprint density at radius 2 is 2.12 bits per heavy atom. The molecule has 1 aromatic heterocycles. The quantitative estimate of drug-likeness (QED) is 0.771. The molecule has 0 fully saturated rings. The number of nitrogens with zero attached hydrogens (tertiary/aromatic N) is 2. The molecule has 0 radical (unpaired) electrons. The van der Waals surface area contributed by atoms with Crippen molar-refractivity contribution in [1.29, 1.82) is 0 Å². The molecule has 1 aromatic rings. The SMILES string of the molecule is CCNC(c1c(Cl)cnn1C)C(OC)OC. The monoisotopic (exact) mass is 247 g/mol. The zero-order valence-corrected chi connectivity index (χ0v) is 10.8. The van der Waals surface area contributed by atoms with Gasteiger partial charge < -0.3 is 14.8 Å². The number of aryl methyl sites for hydroxylation is 1. The molecule has 1 N–H and O–H groups in total. The predicted octanol–water partition coefficient (Wildman–Crippen LogP) is 1.34. The fourth-order valence-corrected chi connectivity index (χ4v) is 1.96. The van der Waals surface area contributed by atoms with E-state index in [1.807, 2.05) is 14.0 Å². The molecule has 0 bridgehead atoms. The Hall–Kier alpha value is -0.620. The number of methoxy groups -OCH3 is 2. The van der Waals surface area contributed by atoms with E-state index in [0.29, 0.717) is 5.02 Å². The van der Waals surface area contributed by atoms with Crippen molar-refractivity contribution in [2.45, 2.75) is 19.3 Å². The van der Waals surface area contributed by atoms with Crippen LogP contribution < -0.4 is 5.32 Å². The molecule has 0 spiro atoms. The van der Waals surface area contributed by atoms with Crippen molar-refractivity contribution in [2.24, 2.45) is 7.05 Å². The molecule has 0 aliphatic carbocycles. The summed E-state index contributed by atoms with van der Waals surface area (Å²) < 4.78 is 12.2. The van der Waals surface area contributed by atoms with Crippen LogP contribution in [0.25, 0.3) is 0 Å². The van der Waals surface area contributed by atoms with Crippen LogP contribution >= 0.6 is 11.6 Å². The van der Waals surface area contributed by atoms with Crippen molar-refractivity contribution in [2.75, 3.05) is 20.8 Å². The second kappa shape index (κ2) is 6.20. The third kappa shape index (κ3) is 2.74. The van der Waals surface area contributed by atoms with Gasteiger partial charge in [0.15, 0.2) is 6.29 Å². The van der Waals surface area contributed by atoms with Crippen LogP contribution in [0.4, 0.5) is 0 Å². The van der Waals surface area contributed by atoms with E-state index in [1.165, 1.54) is 0 Å². The molecule has 1 rings (SSSR count). The van der Waals surface area contributed by atoms with Crippen molar-refractivity contribution in [3.8, 4) is 0 Å². The van der Waals surface area contributed by atoms with Gasteiger partial charge in [-0.05, 0) is 6.54 Å². The summed E-state index contributed by atoms with van der Waals surface area (Å²) in [6, 6.07) is -0.139. The van der Waals surface area contributed by atoms with Crippen molar-refractivity contribution in [3.05, 3.63) is 16.9 Å². The Bertz CT molecular complexity index is 306. The van der Waals surface area contributed by atoms with E-state index in [-0.39, 0.29) is 6.04 Å². The first-order chi connectivity index (χ1) is 7.65. The van der Waals surface area contributed by atoms with Gasteiger partial charge in [-0.15, -0.1) is 0 Å². The lowest BCUT2D eigenvalue weighted by Gasteiger charge is -2.25. The van der Waals surface area contributed by atoms with Crippen LogP contribution in [0.1, 0.15) is 18.7 Å². The Balaban J connectivity index is 3.01. The average Bonchev–Trinajstić information content (AvgIpc) is 2.59. The fourth-order valence-electron chi connectivity index (χ4n) is 1.68. The van der Waals surface area contributed by atoms with E-state index < -0.39 is 6.29 Å². The summed E-state index contributed by atoms with van der Waals surface area (Å²) in [5, 5.41) is 7.98. The molecule has 1 unspecified atom stereocenters. The number of hydrogen-bond acceptors (Lipinski definition) is 4. The molecular formula is C10H18ClN3O2. The molecule has 0 aliphatic rings. The number of likely N-dealkylation sites (N-methyl/N-ethyl adjacent to an activating group) is 1. The van der Waals surface area contributed by atoms with E-state index in [1.54, 1.807) is 25.1 Å². The normalized spacial score (nSPS) is 13.4. The molecule has 5 nitrogen and oxygen atoms in total. The van der Waals surface area contributed by atoms with Gasteiger partial charge >= 0.3 is 0 Å². The molecular weight excluding hydrogens is 230 g/mol. The third-order valence-corrected chi connectivity index (χ3v) is 2.68. The zero-order chi connectivity index (χ0) is 12.1. The lowest BCUT2D eigenvalue weighted by molar-refractivity contribution is -0.125. The number of aromatic nitrogens is 2. The fraction of sp³-hybridized carbons (Fsp3) is 0.700. The number of ether oxygens (including phenoxy) is 2. The average molecular weight is 248 g/mol. The standard InChI is InChI=1S/C10H18ClN3O2/c1-5-12-8(10(15-3)16-4)9-7(11)6-13-14(9)2/h6,8,10,12H,5H2,1-4H3. The van der Waals surface area contributed by atoms with Crippen LogP contribution in [0.3, 0.4) is 0 Å². The van der Waals surface area contributed by atoms with E-state index >= 15 is 0 Å². The minimum atomic E-state index is -0.396. The lowest BCUT2D eigenvalue weighted by atomic mass is 10.2. The number of nitrogens with one attached hydrogen (secondary N) is 1. The number of halogens is 1. The van der Waals surface area contributed by atoms with Crippen LogP contribution in [0.5, 0.6) is 0 Å². The second-order valence-corrected chi connectivity index (χ2v) is 3.78. The highest BCUT2D eigenvalue weighted by atomic mass is 35.5. The van der Waals surface area contributed by atoms with Gasteiger partial charge in [0.05, 0.1) is 16.9 Å². The van der Waals surface area contributed by atoms with Gasteiger partial charge in [0.1, 0.15) is 6.04 Å². The van der Waals surface area contributed by atoms with Crippen LogP contribution in [-0.4, -0.2) is 36.8 Å². The largest absolute Gasteiger partial charge is 0.354 e. The molecule has 6 heteroatoms. The van der Waals surface area contributed by atoms with E-state index in [0.717, 1.165) is 12.2 Å². The first-order valence-corrected chi connectivity index (χ1v) is 5.49. The summed E-state index contributed by atoms with van der Waals surface area (Å²) in [4.78, 5) is 0. The third-order valence-electron chi connectivity index (χ3n) is 2.39. The summed E-state index contributed by atoms with van der Waals surface area (Å²) in [6.07, 6.45) is 1.22. The lowest BCUT2D eigenvalue weighted by Crippen LogP contribution is -2.36. The first kappa shape index (κ1) is 13.4. The molecule has 92 valence electrons. The highest BCUT2D eigenvalue weighted by Crippen LogP contribution is 2.26. The van der Waals surface area contributed by atoms with Gasteiger partial charge in [-0.25, -0.2) is 0 Å². The minimum absolute atomic E-state index is 0.139. The van der Waals surface area contributed by atoms with Gasteiger partial charge in [0.25, 0.3) is 0 Å². The molecule has 16 heavy (non-hydrogen) atoms. The summed E-state index contributed by atoms with van der Waals surface area (Å²) in [7, 11) is 5.04. The Morgan fingerprint density at radius 1 is 1.50 bits per heavy atom. The van der Waals surface area contributed by atoms with E-state index in [2.05, 4.69) is 10.4 Å². The first-order valence-electron chi connectivity index (χ1n) is 5.12. The number of hydrogen-bond donors (Lipinski definition) is 1. The summed E-state index contributed by atoms with van der Waals surface area (Å²) in [5.74, 6) is 0. The smallest absolute Gasteiger partial charge is 0.177 e. The summed E-state index contributed by atoms with van der Waals surface area (Å²) in [6.45, 7) is 2.80. The molecule has 1 atom stereocenters. The van der Waals surface area contributed by atoms with Crippen LogP contribution in [-0.2, 0) is 16.5 Å². The van der Waals surface area contributed by atoms with E-state index in [4.69, 9.17) is 21.1 Å². The highest BCUT2D eigenvalue weighted by Gasteiger charge is 2.27. The van der Waals surface area contributed by atoms with Gasteiger partial charge in [-0.2, -0.15) is 5.10 Å². The Kier molecular flexibility index (Phi) is 5.21. The predicted molar refractivity (Wildman–Crippen MR) is 62.4 cm³/mol. The minimum Gasteiger partial charge on any atom is -0.354 e. The van der Waals surface area contributed by atoms with Crippen LogP contribution in [0.2, 0.25) is 5.02 Å². The van der Waals surface area contributed by atoms with Crippen molar-refractivity contribution in [3.63, 3.8) is 0 Å². The maximum absolute atomic E-state index is 6.10. The molecule has 0 aromatic carbocycles. The maximum Gasteiger partial charge on any atom is 0.177 e. The molecule has 0 aliphatic heterocycles. The molecule has 1 heterocycles. The van der Waals surface area contributed by atoms with Gasteiger partial charge in [0, 0.05) is 21.3 Å². The van der Waals surface area contributed by atoms with Gasteiger partial charge in [0.2, 0.25) is 0 Å². The topological polar surface area (TPSA) is 48.3 Å². The van der Waals surface area contributed by atoms with Crippen LogP contribution in [0, 0.1) is 0 Å². The van der Waals surface area contributed by atoms with Crippen molar-refractivity contribution < 1.29 is 9.47 Å². The second-order valence-electron chi connectivity index (χ2n) is 3.38. The van der Waals surface area contributed by atoms with Gasteiger partial charge in [-0.1, -0.05) is 18.5 Å². The highest BCUT2D eigenvalue weighted by molar-refractivity contribution is 6.31. The number of rotatable bonds is 6. The van der Waals surface area contributed by atoms with Crippen molar-refractivity contribution in [1.82, 2.24) is 15.1 Å². The molecule has 0 amide bonds. The van der Waals surface area contributed by atoms with Crippen molar-refractivity contribution >= 4 is 11.6 Å². The van der Waals surface area contributed by atoms with Crippen LogP contribution in [0.15, 0.2) is 6.20 Å².